The lowest BCUT2D eigenvalue weighted by atomic mass is 9.84. The average molecular weight is 333 g/mol. The topological polar surface area (TPSA) is 59.0 Å². The van der Waals surface area contributed by atoms with E-state index in [1.54, 1.807) is 7.11 Å². The summed E-state index contributed by atoms with van der Waals surface area (Å²) in [5.74, 6) is 1.28. The number of ether oxygens (including phenoxy) is 2. The van der Waals surface area contributed by atoms with Crippen molar-refractivity contribution >= 4 is 5.97 Å². The molecular weight excluding hydrogens is 306 g/mol. The lowest BCUT2D eigenvalue weighted by molar-refractivity contribution is -0.142. The molecule has 1 N–H and O–H groups in total. The average Bonchev–Trinajstić information content (AvgIpc) is 2.95. The van der Waals surface area contributed by atoms with Gasteiger partial charge in [-0.3, -0.25) is 9.69 Å². The van der Waals surface area contributed by atoms with Crippen LogP contribution in [0.15, 0.2) is 18.2 Å². The van der Waals surface area contributed by atoms with Crippen molar-refractivity contribution in [3.8, 4) is 11.5 Å². The Kier molecular flexibility index (Phi) is 5.29. The minimum absolute atomic E-state index is 0.365. The summed E-state index contributed by atoms with van der Waals surface area (Å²) in [6.45, 7) is 3.17. The van der Waals surface area contributed by atoms with Crippen molar-refractivity contribution in [3.05, 3.63) is 23.8 Å². The number of hydrogen-bond donors (Lipinski definition) is 1. The van der Waals surface area contributed by atoms with E-state index in [9.17, 15) is 9.90 Å². The third-order valence-corrected chi connectivity index (χ3v) is 5.40. The van der Waals surface area contributed by atoms with Crippen LogP contribution in [0.5, 0.6) is 11.5 Å². The predicted octanol–water partition coefficient (Wildman–Crippen LogP) is 3.31. The zero-order chi connectivity index (χ0) is 17.1. The van der Waals surface area contributed by atoms with Gasteiger partial charge in [0.05, 0.1) is 13.7 Å². The number of aliphatic carboxylic acids is 1. The molecule has 3 atom stereocenters. The minimum Gasteiger partial charge on any atom is -0.493 e. The zero-order valence-corrected chi connectivity index (χ0v) is 14.5. The Hall–Kier alpha value is -1.75. The Morgan fingerprint density at radius 2 is 2.08 bits per heavy atom. The van der Waals surface area contributed by atoms with Crippen LogP contribution < -0.4 is 9.47 Å². The zero-order valence-electron chi connectivity index (χ0n) is 14.5. The summed E-state index contributed by atoms with van der Waals surface area (Å²) in [6, 6.07) is 5.94. The molecule has 3 rings (SSSR count). The fraction of sp³-hybridized carbons (Fsp3) is 0.632. The lowest BCUT2D eigenvalue weighted by Gasteiger charge is -2.33. The van der Waals surface area contributed by atoms with Crippen LogP contribution >= 0.6 is 0 Å². The molecular formula is C19H27NO4. The van der Waals surface area contributed by atoms with Gasteiger partial charge < -0.3 is 14.6 Å². The highest BCUT2D eigenvalue weighted by molar-refractivity contribution is 5.74. The summed E-state index contributed by atoms with van der Waals surface area (Å²) in [5, 5.41) is 9.64. The number of carbonyl (C=O) groups is 1. The molecule has 5 heteroatoms. The highest BCUT2D eigenvalue weighted by atomic mass is 16.5. The predicted molar refractivity (Wildman–Crippen MR) is 91.5 cm³/mol. The number of hydrogen-bond acceptors (Lipinski definition) is 4. The summed E-state index contributed by atoms with van der Waals surface area (Å²) in [4.78, 5) is 13.9. The second-order valence-corrected chi connectivity index (χ2v) is 6.79. The second kappa shape index (κ2) is 7.43. The molecule has 2 aliphatic rings. The third kappa shape index (κ3) is 3.36. The lowest BCUT2D eigenvalue weighted by Crippen LogP contribution is -2.41. The quantitative estimate of drug-likeness (QED) is 0.865. The van der Waals surface area contributed by atoms with E-state index in [1.165, 1.54) is 12.8 Å². The van der Waals surface area contributed by atoms with Crippen molar-refractivity contribution in [1.82, 2.24) is 4.90 Å². The van der Waals surface area contributed by atoms with Gasteiger partial charge in [-0.1, -0.05) is 18.9 Å². The number of likely N-dealkylation sites (tertiary alicyclic amines) is 1. The largest absolute Gasteiger partial charge is 0.493 e. The van der Waals surface area contributed by atoms with E-state index >= 15 is 0 Å². The fourth-order valence-electron chi connectivity index (χ4n) is 4.32. The first-order valence-corrected chi connectivity index (χ1v) is 8.92. The monoisotopic (exact) mass is 333 g/mol. The molecule has 1 heterocycles. The summed E-state index contributed by atoms with van der Waals surface area (Å²) in [5.41, 5.74) is 1.08. The van der Waals surface area contributed by atoms with Crippen LogP contribution in [0.2, 0.25) is 0 Å². The van der Waals surface area contributed by atoms with E-state index in [0.29, 0.717) is 30.9 Å². The second-order valence-electron chi connectivity index (χ2n) is 6.79. The van der Waals surface area contributed by atoms with Crippen LogP contribution in [0.3, 0.4) is 0 Å². The molecule has 3 unspecified atom stereocenters. The SMILES string of the molecule is CCOc1cc(CN2C(C(=O)O)CC3CCCCC32)ccc1OC. The van der Waals surface area contributed by atoms with Crippen molar-refractivity contribution in [2.45, 2.75) is 57.7 Å². The molecule has 2 fully saturated rings. The van der Waals surface area contributed by atoms with Crippen LogP contribution in [-0.2, 0) is 11.3 Å². The molecule has 132 valence electrons. The van der Waals surface area contributed by atoms with Gasteiger partial charge in [-0.15, -0.1) is 0 Å². The maximum Gasteiger partial charge on any atom is 0.320 e. The maximum absolute atomic E-state index is 11.7. The first kappa shape index (κ1) is 17.1. The molecule has 1 saturated heterocycles. The normalized spacial score (nSPS) is 26.8. The third-order valence-electron chi connectivity index (χ3n) is 5.40. The summed E-state index contributed by atoms with van der Waals surface area (Å²) in [6.07, 6.45) is 5.50. The smallest absolute Gasteiger partial charge is 0.320 e. The molecule has 24 heavy (non-hydrogen) atoms. The van der Waals surface area contributed by atoms with Crippen LogP contribution in [-0.4, -0.2) is 41.8 Å². The number of carboxylic acids is 1. The van der Waals surface area contributed by atoms with E-state index in [2.05, 4.69) is 4.90 Å². The van der Waals surface area contributed by atoms with Crippen molar-refractivity contribution in [2.75, 3.05) is 13.7 Å². The van der Waals surface area contributed by atoms with E-state index in [0.717, 1.165) is 30.6 Å². The van der Waals surface area contributed by atoms with Gasteiger partial charge in [0.25, 0.3) is 0 Å². The summed E-state index contributed by atoms with van der Waals surface area (Å²) < 4.78 is 11.0. The van der Waals surface area contributed by atoms with Gasteiger partial charge in [0, 0.05) is 12.6 Å². The van der Waals surface area contributed by atoms with Crippen molar-refractivity contribution in [1.29, 1.82) is 0 Å². The summed E-state index contributed by atoms with van der Waals surface area (Å²) >= 11 is 0. The van der Waals surface area contributed by atoms with Gasteiger partial charge >= 0.3 is 5.97 Å². The van der Waals surface area contributed by atoms with Crippen LogP contribution in [0.4, 0.5) is 0 Å². The molecule has 1 saturated carbocycles. The number of fused-ring (bicyclic) bond motifs is 1. The highest BCUT2D eigenvalue weighted by Gasteiger charge is 2.44. The van der Waals surface area contributed by atoms with Gasteiger partial charge in [0.2, 0.25) is 0 Å². The first-order chi connectivity index (χ1) is 11.6. The van der Waals surface area contributed by atoms with Gasteiger partial charge in [-0.05, 0) is 49.8 Å². The highest BCUT2D eigenvalue weighted by Crippen LogP contribution is 2.41. The molecule has 5 nitrogen and oxygen atoms in total. The Morgan fingerprint density at radius 1 is 1.29 bits per heavy atom. The Bertz CT molecular complexity index is 589. The molecule has 1 aliphatic heterocycles. The van der Waals surface area contributed by atoms with Crippen molar-refractivity contribution in [2.24, 2.45) is 5.92 Å². The summed E-state index contributed by atoms with van der Waals surface area (Å²) in [7, 11) is 1.63. The number of carboxylic acid groups (broad SMARTS) is 1. The molecule has 1 aliphatic carbocycles. The number of benzene rings is 1. The number of methoxy groups -OCH3 is 1. The maximum atomic E-state index is 11.7. The van der Waals surface area contributed by atoms with Gasteiger partial charge in [0.15, 0.2) is 11.5 Å². The fourth-order valence-corrected chi connectivity index (χ4v) is 4.32. The standard InChI is InChI=1S/C19H27NO4/c1-3-24-18-10-13(8-9-17(18)23-2)12-20-15-7-5-4-6-14(15)11-16(20)19(21)22/h8-10,14-16H,3-7,11-12H2,1-2H3,(H,21,22). The van der Waals surface area contributed by atoms with Crippen molar-refractivity contribution < 1.29 is 19.4 Å². The molecule has 1 aromatic rings. The van der Waals surface area contributed by atoms with E-state index in [-0.39, 0.29) is 6.04 Å². The van der Waals surface area contributed by atoms with Gasteiger partial charge in [-0.25, -0.2) is 0 Å². The van der Waals surface area contributed by atoms with Crippen LogP contribution in [0.1, 0.15) is 44.6 Å². The molecule has 0 spiro atoms. The molecule has 0 bridgehead atoms. The molecule has 0 radical (unpaired) electrons. The minimum atomic E-state index is -0.692. The molecule has 0 aromatic heterocycles. The molecule has 0 amide bonds. The molecule has 1 aromatic carbocycles. The van der Waals surface area contributed by atoms with E-state index < -0.39 is 5.97 Å². The van der Waals surface area contributed by atoms with E-state index in [1.807, 2.05) is 25.1 Å². The van der Waals surface area contributed by atoms with Gasteiger partial charge in [-0.2, -0.15) is 0 Å². The van der Waals surface area contributed by atoms with Gasteiger partial charge in [0.1, 0.15) is 6.04 Å². The Balaban J connectivity index is 1.82. The first-order valence-electron chi connectivity index (χ1n) is 8.92. The Labute approximate surface area is 143 Å². The van der Waals surface area contributed by atoms with Crippen LogP contribution in [0.25, 0.3) is 0 Å². The van der Waals surface area contributed by atoms with E-state index in [4.69, 9.17) is 9.47 Å². The number of nitrogens with zero attached hydrogens (tertiary/aromatic N) is 1. The van der Waals surface area contributed by atoms with Crippen LogP contribution in [0, 0.1) is 5.92 Å². The van der Waals surface area contributed by atoms with Crippen molar-refractivity contribution in [3.63, 3.8) is 0 Å². The Morgan fingerprint density at radius 3 is 2.79 bits per heavy atom. The number of rotatable bonds is 6.